The molecule has 17 heavy (non-hydrogen) atoms. The van der Waals surface area contributed by atoms with Crippen molar-refractivity contribution in [3.05, 3.63) is 12.4 Å². The second-order valence-corrected chi connectivity index (χ2v) is 4.40. The summed E-state index contributed by atoms with van der Waals surface area (Å²) in [6.07, 6.45) is 2.19. The van der Waals surface area contributed by atoms with Gasteiger partial charge in [0.15, 0.2) is 0 Å². The molecule has 1 aromatic heterocycles. The van der Waals surface area contributed by atoms with E-state index in [2.05, 4.69) is 9.97 Å². The number of anilines is 2. The Morgan fingerprint density at radius 1 is 1.53 bits per heavy atom. The fraction of sp³-hybridized carbons (Fsp3) is 0.545. The predicted molar refractivity (Wildman–Crippen MR) is 64.3 cm³/mol. The molecule has 1 N–H and O–H groups in total. The lowest BCUT2D eigenvalue weighted by molar-refractivity contribution is -0.140. The zero-order chi connectivity index (χ0) is 12.4. The first-order valence-electron chi connectivity index (χ1n) is 5.55. The lowest BCUT2D eigenvalue weighted by Gasteiger charge is -2.18. The van der Waals surface area contributed by atoms with Gasteiger partial charge in [-0.15, -0.1) is 0 Å². The van der Waals surface area contributed by atoms with E-state index in [1.807, 2.05) is 30.0 Å². The van der Waals surface area contributed by atoms with E-state index in [0.717, 1.165) is 18.2 Å². The van der Waals surface area contributed by atoms with Crippen LogP contribution in [0.2, 0.25) is 0 Å². The molecule has 2 heterocycles. The van der Waals surface area contributed by atoms with Crippen LogP contribution in [0, 0.1) is 5.92 Å². The predicted octanol–water partition coefficient (Wildman–Crippen LogP) is 0.453. The van der Waals surface area contributed by atoms with Gasteiger partial charge in [0.05, 0.1) is 5.92 Å². The van der Waals surface area contributed by atoms with E-state index in [9.17, 15) is 4.79 Å². The van der Waals surface area contributed by atoms with Crippen molar-refractivity contribution in [2.45, 2.75) is 6.42 Å². The zero-order valence-corrected chi connectivity index (χ0v) is 10.00. The van der Waals surface area contributed by atoms with Crippen molar-refractivity contribution in [2.75, 3.05) is 37.0 Å². The highest BCUT2D eigenvalue weighted by atomic mass is 16.4. The third-order valence-corrected chi connectivity index (χ3v) is 2.96. The molecule has 6 nitrogen and oxygen atoms in total. The van der Waals surface area contributed by atoms with Crippen molar-refractivity contribution < 1.29 is 9.90 Å². The van der Waals surface area contributed by atoms with Crippen LogP contribution in [0.5, 0.6) is 0 Å². The molecule has 0 spiro atoms. The molecular weight excluding hydrogens is 220 g/mol. The number of aliphatic carboxylic acids is 1. The minimum atomic E-state index is -0.727. The van der Waals surface area contributed by atoms with Crippen molar-refractivity contribution in [3.63, 3.8) is 0 Å². The van der Waals surface area contributed by atoms with Crippen LogP contribution in [-0.4, -0.2) is 48.2 Å². The monoisotopic (exact) mass is 236 g/mol. The Labute approximate surface area is 99.9 Å². The highest BCUT2D eigenvalue weighted by Gasteiger charge is 2.28. The summed E-state index contributed by atoms with van der Waals surface area (Å²) in [6, 6.07) is 1.88. The van der Waals surface area contributed by atoms with Gasteiger partial charge in [-0.3, -0.25) is 4.79 Å². The minimum absolute atomic E-state index is 0.284. The van der Waals surface area contributed by atoms with Gasteiger partial charge in [0, 0.05) is 33.3 Å². The van der Waals surface area contributed by atoms with E-state index >= 15 is 0 Å². The second kappa shape index (κ2) is 4.57. The van der Waals surface area contributed by atoms with Crippen LogP contribution in [0.3, 0.4) is 0 Å². The fourth-order valence-electron chi connectivity index (χ4n) is 1.92. The number of rotatable bonds is 3. The zero-order valence-electron chi connectivity index (χ0n) is 10.00. The third-order valence-electron chi connectivity index (χ3n) is 2.96. The molecule has 1 aromatic rings. The molecule has 1 saturated heterocycles. The van der Waals surface area contributed by atoms with Gasteiger partial charge in [0.1, 0.15) is 18.0 Å². The quantitative estimate of drug-likeness (QED) is 0.822. The van der Waals surface area contributed by atoms with Gasteiger partial charge >= 0.3 is 5.97 Å². The Bertz CT molecular complexity index is 422. The van der Waals surface area contributed by atoms with Crippen molar-refractivity contribution in [1.82, 2.24) is 9.97 Å². The Hall–Kier alpha value is -1.85. The molecule has 1 aliphatic heterocycles. The minimum Gasteiger partial charge on any atom is -0.481 e. The van der Waals surface area contributed by atoms with Gasteiger partial charge in [-0.05, 0) is 6.42 Å². The van der Waals surface area contributed by atoms with E-state index in [-0.39, 0.29) is 5.92 Å². The summed E-state index contributed by atoms with van der Waals surface area (Å²) >= 11 is 0. The van der Waals surface area contributed by atoms with Crippen LogP contribution in [0.25, 0.3) is 0 Å². The Morgan fingerprint density at radius 3 is 2.88 bits per heavy atom. The second-order valence-electron chi connectivity index (χ2n) is 4.40. The third kappa shape index (κ3) is 2.46. The van der Waals surface area contributed by atoms with E-state index in [1.54, 1.807) is 0 Å². The van der Waals surface area contributed by atoms with Crippen LogP contribution in [0.15, 0.2) is 12.4 Å². The van der Waals surface area contributed by atoms with Gasteiger partial charge in [-0.25, -0.2) is 9.97 Å². The summed E-state index contributed by atoms with van der Waals surface area (Å²) in [5.74, 6) is 0.614. The Balaban J connectivity index is 2.13. The molecule has 2 rings (SSSR count). The fourth-order valence-corrected chi connectivity index (χ4v) is 1.92. The van der Waals surface area contributed by atoms with Crippen molar-refractivity contribution in [2.24, 2.45) is 5.92 Å². The van der Waals surface area contributed by atoms with Crippen LogP contribution in [0.1, 0.15) is 6.42 Å². The summed E-state index contributed by atoms with van der Waals surface area (Å²) in [5.41, 5.74) is 0. The average Bonchev–Trinajstić information content (AvgIpc) is 2.78. The number of hydrogen-bond acceptors (Lipinski definition) is 5. The maximum absolute atomic E-state index is 10.9. The Kier molecular flexibility index (Phi) is 3.12. The van der Waals surface area contributed by atoms with E-state index in [1.165, 1.54) is 6.33 Å². The molecular formula is C11H16N4O2. The average molecular weight is 236 g/mol. The Morgan fingerprint density at radius 2 is 2.29 bits per heavy atom. The van der Waals surface area contributed by atoms with Gasteiger partial charge < -0.3 is 14.9 Å². The van der Waals surface area contributed by atoms with Crippen LogP contribution in [0.4, 0.5) is 11.6 Å². The molecule has 0 radical (unpaired) electrons. The molecule has 1 fully saturated rings. The first-order chi connectivity index (χ1) is 8.08. The molecule has 1 aliphatic rings. The molecule has 0 bridgehead atoms. The molecule has 0 saturated carbocycles. The maximum atomic E-state index is 10.9. The smallest absolute Gasteiger partial charge is 0.308 e. The maximum Gasteiger partial charge on any atom is 0.308 e. The van der Waals surface area contributed by atoms with Crippen LogP contribution < -0.4 is 9.80 Å². The lowest BCUT2D eigenvalue weighted by Crippen LogP contribution is -2.24. The summed E-state index contributed by atoms with van der Waals surface area (Å²) < 4.78 is 0. The first kappa shape index (κ1) is 11.6. The number of hydrogen-bond donors (Lipinski definition) is 1. The number of aromatic nitrogens is 2. The van der Waals surface area contributed by atoms with Crippen LogP contribution >= 0.6 is 0 Å². The highest BCUT2D eigenvalue weighted by molar-refractivity contribution is 5.72. The van der Waals surface area contributed by atoms with Crippen molar-refractivity contribution >= 4 is 17.6 Å². The summed E-state index contributed by atoms with van der Waals surface area (Å²) in [7, 11) is 3.83. The molecule has 1 unspecified atom stereocenters. The topological polar surface area (TPSA) is 69.6 Å². The van der Waals surface area contributed by atoms with Gasteiger partial charge in [0.2, 0.25) is 0 Å². The molecule has 1 atom stereocenters. The lowest BCUT2D eigenvalue weighted by atomic mass is 10.1. The summed E-state index contributed by atoms with van der Waals surface area (Å²) in [6.45, 7) is 1.26. The van der Waals surface area contributed by atoms with E-state index in [0.29, 0.717) is 13.0 Å². The molecule has 0 amide bonds. The largest absolute Gasteiger partial charge is 0.481 e. The standard InChI is InChI=1S/C11H16N4O2/c1-14(2)9-5-10(13-7-12-9)15-4-3-8(6-15)11(16)17/h5,7-8H,3-4,6H2,1-2H3,(H,16,17). The van der Waals surface area contributed by atoms with Crippen molar-refractivity contribution in [3.8, 4) is 0 Å². The molecule has 92 valence electrons. The van der Waals surface area contributed by atoms with Gasteiger partial charge in [-0.1, -0.05) is 0 Å². The number of nitrogens with zero attached hydrogens (tertiary/aromatic N) is 4. The van der Waals surface area contributed by atoms with Gasteiger partial charge in [-0.2, -0.15) is 0 Å². The highest BCUT2D eigenvalue weighted by Crippen LogP contribution is 2.23. The normalized spacial score (nSPS) is 19.4. The summed E-state index contributed by atoms with van der Waals surface area (Å²) in [5, 5.41) is 8.95. The number of carbonyl (C=O) groups is 1. The molecule has 0 aromatic carbocycles. The van der Waals surface area contributed by atoms with Crippen molar-refractivity contribution in [1.29, 1.82) is 0 Å². The summed E-state index contributed by atoms with van der Waals surface area (Å²) in [4.78, 5) is 23.1. The first-order valence-corrected chi connectivity index (χ1v) is 5.55. The molecule has 0 aliphatic carbocycles. The van der Waals surface area contributed by atoms with Gasteiger partial charge in [0.25, 0.3) is 0 Å². The number of carboxylic acids is 1. The SMILES string of the molecule is CN(C)c1cc(N2CCC(C(=O)O)C2)ncn1. The molecule has 6 heteroatoms. The van der Waals surface area contributed by atoms with E-state index in [4.69, 9.17) is 5.11 Å². The number of carboxylic acid groups (broad SMARTS) is 1. The van der Waals surface area contributed by atoms with E-state index < -0.39 is 5.97 Å². The van der Waals surface area contributed by atoms with Crippen LogP contribution in [-0.2, 0) is 4.79 Å².